The molecule has 0 heterocycles. The molecule has 0 saturated carbocycles. The zero-order valence-corrected chi connectivity index (χ0v) is 13.8. The van der Waals surface area contributed by atoms with Gasteiger partial charge in [-0.2, -0.15) is 0 Å². The fourth-order valence-corrected chi connectivity index (χ4v) is 1.79. The Morgan fingerprint density at radius 3 is 2.24 bits per heavy atom. The van der Waals surface area contributed by atoms with Gasteiger partial charge in [0.05, 0.1) is 6.42 Å². The number of esters is 1. The number of benzene rings is 1. The van der Waals surface area contributed by atoms with E-state index in [1.165, 1.54) is 0 Å². The van der Waals surface area contributed by atoms with Crippen LogP contribution >= 0.6 is 0 Å². The Hall–Kier alpha value is -1.84. The number of hydrogen-bond acceptors (Lipinski definition) is 3. The summed E-state index contributed by atoms with van der Waals surface area (Å²) < 4.78 is 5.43. The molecule has 0 bridgehead atoms. The smallest absolute Gasteiger partial charge is 0.312 e. The third-order valence-corrected chi connectivity index (χ3v) is 3.39. The molecule has 0 saturated heterocycles. The van der Waals surface area contributed by atoms with Crippen LogP contribution in [0.2, 0.25) is 0 Å². The molecule has 0 aliphatic rings. The summed E-state index contributed by atoms with van der Waals surface area (Å²) in [5.74, 6) is 0.223. The van der Waals surface area contributed by atoms with E-state index in [0.717, 1.165) is 16.7 Å². The van der Waals surface area contributed by atoms with E-state index in [4.69, 9.17) is 4.74 Å². The van der Waals surface area contributed by atoms with Crippen molar-refractivity contribution in [1.82, 2.24) is 5.32 Å². The predicted molar refractivity (Wildman–Crippen MR) is 83.4 cm³/mol. The van der Waals surface area contributed by atoms with Gasteiger partial charge >= 0.3 is 5.97 Å². The molecule has 1 aromatic rings. The molecule has 21 heavy (non-hydrogen) atoms. The minimum atomic E-state index is -0.451. The van der Waals surface area contributed by atoms with Crippen molar-refractivity contribution >= 4 is 11.9 Å². The minimum Gasteiger partial charge on any atom is -0.426 e. The highest BCUT2D eigenvalue weighted by molar-refractivity contribution is 5.82. The Balaban J connectivity index is 2.56. The molecule has 1 N–H and O–H groups in total. The van der Waals surface area contributed by atoms with Gasteiger partial charge in [0.2, 0.25) is 5.91 Å². The lowest BCUT2D eigenvalue weighted by molar-refractivity contribution is -0.134. The van der Waals surface area contributed by atoms with Crippen molar-refractivity contribution in [3.8, 4) is 5.75 Å². The van der Waals surface area contributed by atoms with Crippen molar-refractivity contribution in [2.45, 2.75) is 48.0 Å². The molecule has 0 aliphatic carbocycles. The summed E-state index contributed by atoms with van der Waals surface area (Å²) >= 11 is 0. The van der Waals surface area contributed by atoms with Crippen molar-refractivity contribution in [3.63, 3.8) is 0 Å². The lowest BCUT2D eigenvalue weighted by Crippen LogP contribution is -2.36. The normalized spacial score (nSPS) is 11.1. The number of carbonyl (C=O) groups excluding carboxylic acids is 2. The number of amides is 1. The largest absolute Gasteiger partial charge is 0.426 e. The monoisotopic (exact) mass is 291 g/mol. The average molecular weight is 291 g/mol. The van der Waals surface area contributed by atoms with Gasteiger partial charge in [0, 0.05) is 12.0 Å². The van der Waals surface area contributed by atoms with Crippen LogP contribution in [0, 0.1) is 26.2 Å². The molecule has 0 atom stereocenters. The first-order chi connectivity index (χ1) is 9.62. The van der Waals surface area contributed by atoms with Crippen LogP contribution in [0.25, 0.3) is 0 Å². The zero-order chi connectivity index (χ0) is 16.2. The van der Waals surface area contributed by atoms with E-state index in [1.54, 1.807) is 0 Å². The average Bonchev–Trinajstić information content (AvgIpc) is 2.38. The van der Waals surface area contributed by atoms with E-state index < -0.39 is 5.41 Å². The summed E-state index contributed by atoms with van der Waals surface area (Å²) in [6.07, 6.45) is 0.161. The summed E-state index contributed by atoms with van der Waals surface area (Å²) in [5, 5.41) is 2.74. The summed E-state index contributed by atoms with van der Waals surface area (Å²) in [5.41, 5.74) is 2.55. The van der Waals surface area contributed by atoms with Gasteiger partial charge in [-0.3, -0.25) is 9.59 Å². The number of carbonyl (C=O) groups is 2. The lowest BCUT2D eigenvalue weighted by atomic mass is 9.96. The minimum absolute atomic E-state index is 0.0711. The second kappa shape index (κ2) is 6.74. The van der Waals surface area contributed by atoms with Crippen LogP contribution in [0.3, 0.4) is 0 Å². The van der Waals surface area contributed by atoms with Crippen LogP contribution in [0.4, 0.5) is 0 Å². The van der Waals surface area contributed by atoms with Crippen molar-refractivity contribution in [2.75, 3.05) is 6.54 Å². The molecule has 0 unspecified atom stereocenters. The van der Waals surface area contributed by atoms with E-state index in [-0.39, 0.29) is 18.3 Å². The third kappa shape index (κ3) is 4.88. The number of nitrogens with one attached hydrogen (secondary N) is 1. The molecule has 0 radical (unpaired) electrons. The fourth-order valence-electron chi connectivity index (χ4n) is 1.79. The third-order valence-electron chi connectivity index (χ3n) is 3.39. The van der Waals surface area contributed by atoms with Crippen molar-refractivity contribution in [1.29, 1.82) is 0 Å². The lowest BCUT2D eigenvalue weighted by Gasteiger charge is -2.17. The number of ether oxygens (including phenoxy) is 1. The van der Waals surface area contributed by atoms with E-state index in [0.29, 0.717) is 12.3 Å². The maximum Gasteiger partial charge on any atom is 0.312 e. The van der Waals surface area contributed by atoms with Crippen molar-refractivity contribution in [2.24, 2.45) is 5.41 Å². The van der Waals surface area contributed by atoms with Gasteiger partial charge < -0.3 is 10.1 Å². The first kappa shape index (κ1) is 17.2. The van der Waals surface area contributed by atoms with Crippen LogP contribution in [0.5, 0.6) is 5.75 Å². The Bertz CT molecular complexity index is 542. The second-order valence-corrected chi connectivity index (χ2v) is 6.38. The van der Waals surface area contributed by atoms with E-state index in [1.807, 2.05) is 53.7 Å². The molecule has 4 nitrogen and oxygen atoms in total. The van der Waals surface area contributed by atoms with Crippen LogP contribution in [0.15, 0.2) is 12.1 Å². The molecule has 0 spiro atoms. The van der Waals surface area contributed by atoms with Gasteiger partial charge in [0.15, 0.2) is 0 Å². The highest BCUT2D eigenvalue weighted by atomic mass is 16.5. The first-order valence-corrected chi connectivity index (χ1v) is 7.18. The Morgan fingerprint density at radius 2 is 1.67 bits per heavy atom. The Morgan fingerprint density at radius 1 is 1.10 bits per heavy atom. The number of aryl methyl sites for hydroxylation is 2. The second-order valence-electron chi connectivity index (χ2n) is 6.38. The van der Waals surface area contributed by atoms with E-state index in [2.05, 4.69) is 5.32 Å². The molecule has 0 aromatic heterocycles. The highest BCUT2D eigenvalue weighted by Gasteiger charge is 2.21. The summed E-state index contributed by atoms with van der Waals surface area (Å²) in [4.78, 5) is 23.6. The van der Waals surface area contributed by atoms with Crippen molar-refractivity contribution < 1.29 is 14.3 Å². The quantitative estimate of drug-likeness (QED) is 0.685. The van der Waals surface area contributed by atoms with Crippen LogP contribution in [0.1, 0.15) is 43.9 Å². The summed E-state index contributed by atoms with van der Waals surface area (Å²) in [6, 6.07) is 3.94. The Kier molecular flexibility index (Phi) is 5.53. The first-order valence-electron chi connectivity index (χ1n) is 7.18. The molecule has 0 fully saturated rings. The van der Waals surface area contributed by atoms with Gasteiger partial charge in [-0.25, -0.2) is 0 Å². The molecular weight excluding hydrogens is 266 g/mol. The summed E-state index contributed by atoms with van der Waals surface area (Å²) in [6.45, 7) is 11.6. The van der Waals surface area contributed by atoms with Gasteiger partial charge in [-0.1, -0.05) is 32.9 Å². The van der Waals surface area contributed by atoms with Crippen LogP contribution in [-0.2, 0) is 9.59 Å². The molecule has 4 heteroatoms. The number of rotatable bonds is 4. The highest BCUT2D eigenvalue weighted by Crippen LogP contribution is 2.26. The van der Waals surface area contributed by atoms with Crippen LogP contribution in [-0.4, -0.2) is 18.4 Å². The van der Waals surface area contributed by atoms with Crippen molar-refractivity contribution in [3.05, 3.63) is 28.8 Å². The molecule has 0 aliphatic heterocycles. The Labute approximate surface area is 126 Å². The standard InChI is InChI=1S/C17H25NO3/c1-11-7-8-12(2)15(13(11)3)21-14(19)9-10-18-16(20)17(4,5)6/h7-8H,9-10H2,1-6H3,(H,18,20). The molecule has 1 aromatic carbocycles. The molecule has 1 amide bonds. The summed E-state index contributed by atoms with van der Waals surface area (Å²) in [7, 11) is 0. The fraction of sp³-hybridized carbons (Fsp3) is 0.529. The topological polar surface area (TPSA) is 55.4 Å². The maximum atomic E-state index is 11.9. The van der Waals surface area contributed by atoms with Gasteiger partial charge in [-0.05, 0) is 37.5 Å². The molecular formula is C17H25NO3. The van der Waals surface area contributed by atoms with Gasteiger partial charge in [0.1, 0.15) is 5.75 Å². The van der Waals surface area contributed by atoms with Gasteiger partial charge in [-0.15, -0.1) is 0 Å². The SMILES string of the molecule is Cc1ccc(C)c(OC(=O)CCNC(=O)C(C)(C)C)c1C. The molecule has 1 rings (SSSR count). The molecule has 116 valence electrons. The van der Waals surface area contributed by atoms with E-state index in [9.17, 15) is 9.59 Å². The predicted octanol–water partition coefficient (Wildman–Crippen LogP) is 3.07. The van der Waals surface area contributed by atoms with Crippen LogP contribution < -0.4 is 10.1 Å². The number of hydrogen-bond donors (Lipinski definition) is 1. The van der Waals surface area contributed by atoms with E-state index >= 15 is 0 Å². The van der Waals surface area contributed by atoms with Gasteiger partial charge in [0.25, 0.3) is 0 Å². The maximum absolute atomic E-state index is 11.9. The zero-order valence-electron chi connectivity index (χ0n) is 13.8.